The molecule has 2 saturated heterocycles. The molecule has 2 heterocycles. The van der Waals surface area contributed by atoms with Gasteiger partial charge in [-0.15, -0.1) is 0 Å². The van der Waals surface area contributed by atoms with Crippen molar-refractivity contribution in [1.82, 2.24) is 9.80 Å². The number of hydrogen-bond acceptors (Lipinski definition) is 4. The fraction of sp³-hybridized carbons (Fsp3) is 0.517. The second kappa shape index (κ2) is 11.3. The molecule has 5 rings (SSSR count). The minimum Gasteiger partial charge on any atom is -0.481 e. The summed E-state index contributed by atoms with van der Waals surface area (Å²) >= 11 is 12.7. The molecule has 2 aromatic carbocycles. The van der Waals surface area contributed by atoms with Crippen molar-refractivity contribution in [1.29, 1.82) is 0 Å². The number of hydrogen-bond donors (Lipinski definition) is 1. The second-order valence-corrected chi connectivity index (χ2v) is 11.7. The molecule has 0 radical (unpaired) electrons. The molecule has 2 aromatic rings. The van der Waals surface area contributed by atoms with Gasteiger partial charge in [-0.3, -0.25) is 14.5 Å². The number of carboxylic acid groups (broad SMARTS) is 1. The standard InChI is InChI=1S/C29H34Cl2N2O4/c30-23-8-6-21(7-9-23)27-25(22-2-1-3-24(31)16-22)17-29(18-26(34)35,10-11-32-12-14-37-15-13-32)28(36)33(27)19-20-4-5-20/h1-3,6-9,16,20,25,27H,4-5,10-15,17-19H2,(H,34,35)/t25-,27-,29+/m1/s1. The number of morpholine rings is 1. The number of nitrogens with zero attached hydrogens (tertiary/aromatic N) is 2. The van der Waals surface area contributed by atoms with Gasteiger partial charge in [0.15, 0.2) is 0 Å². The summed E-state index contributed by atoms with van der Waals surface area (Å²) in [6.07, 6.45) is 2.97. The largest absolute Gasteiger partial charge is 0.481 e. The molecule has 3 fully saturated rings. The zero-order valence-electron chi connectivity index (χ0n) is 21.0. The number of carbonyl (C=O) groups excluding carboxylic acids is 1. The van der Waals surface area contributed by atoms with Gasteiger partial charge >= 0.3 is 5.97 Å². The van der Waals surface area contributed by atoms with Gasteiger partial charge in [-0.25, -0.2) is 0 Å². The van der Waals surface area contributed by atoms with Crippen LogP contribution in [0.1, 0.15) is 55.2 Å². The van der Waals surface area contributed by atoms with Crippen LogP contribution in [0.2, 0.25) is 10.0 Å². The highest BCUT2D eigenvalue weighted by atomic mass is 35.5. The summed E-state index contributed by atoms with van der Waals surface area (Å²) in [5.41, 5.74) is 1.05. The van der Waals surface area contributed by atoms with Gasteiger partial charge in [0.25, 0.3) is 0 Å². The Morgan fingerprint density at radius 2 is 1.76 bits per heavy atom. The van der Waals surface area contributed by atoms with Crippen molar-refractivity contribution in [3.05, 3.63) is 69.7 Å². The number of benzene rings is 2. The molecule has 2 aliphatic heterocycles. The van der Waals surface area contributed by atoms with E-state index < -0.39 is 11.4 Å². The number of piperidine rings is 1. The molecular weight excluding hydrogens is 511 g/mol. The number of ether oxygens (including phenoxy) is 1. The number of likely N-dealkylation sites (tertiary alicyclic amines) is 1. The number of aliphatic carboxylic acids is 1. The summed E-state index contributed by atoms with van der Waals surface area (Å²) in [5, 5.41) is 11.3. The van der Waals surface area contributed by atoms with Gasteiger partial charge in [-0.05, 0) is 73.5 Å². The van der Waals surface area contributed by atoms with Crippen LogP contribution in [0, 0.1) is 11.3 Å². The number of carbonyl (C=O) groups is 2. The normalized spacial score (nSPS) is 26.9. The summed E-state index contributed by atoms with van der Waals surface area (Å²) in [5.74, 6) is -0.608. The van der Waals surface area contributed by atoms with Gasteiger partial charge in [-0.1, -0.05) is 47.5 Å². The van der Waals surface area contributed by atoms with Crippen molar-refractivity contribution in [2.45, 2.75) is 44.1 Å². The first-order valence-electron chi connectivity index (χ1n) is 13.2. The quantitative estimate of drug-likeness (QED) is 0.442. The summed E-state index contributed by atoms with van der Waals surface area (Å²) in [6, 6.07) is 15.3. The van der Waals surface area contributed by atoms with E-state index in [0.29, 0.717) is 55.1 Å². The highest BCUT2D eigenvalue weighted by Gasteiger charge is 2.53. The van der Waals surface area contributed by atoms with E-state index in [4.69, 9.17) is 27.9 Å². The zero-order valence-corrected chi connectivity index (χ0v) is 22.5. The van der Waals surface area contributed by atoms with Crippen molar-refractivity contribution in [3.8, 4) is 0 Å². The molecule has 1 N–H and O–H groups in total. The average Bonchev–Trinajstić information content (AvgIpc) is 3.71. The minimum absolute atomic E-state index is 0.0340. The molecule has 0 unspecified atom stereocenters. The van der Waals surface area contributed by atoms with E-state index in [0.717, 1.165) is 37.1 Å². The topological polar surface area (TPSA) is 70.1 Å². The molecule has 3 aliphatic rings. The molecular formula is C29H34Cl2N2O4. The van der Waals surface area contributed by atoms with E-state index in [9.17, 15) is 14.7 Å². The van der Waals surface area contributed by atoms with Crippen LogP contribution in [0.15, 0.2) is 48.5 Å². The van der Waals surface area contributed by atoms with Gasteiger partial charge in [0, 0.05) is 35.6 Å². The van der Waals surface area contributed by atoms with Gasteiger partial charge in [0.1, 0.15) is 0 Å². The van der Waals surface area contributed by atoms with Gasteiger partial charge < -0.3 is 14.7 Å². The van der Waals surface area contributed by atoms with Crippen LogP contribution in [0.25, 0.3) is 0 Å². The van der Waals surface area contributed by atoms with Crippen LogP contribution in [-0.2, 0) is 14.3 Å². The van der Waals surface area contributed by atoms with E-state index >= 15 is 0 Å². The molecule has 0 spiro atoms. The predicted octanol–water partition coefficient (Wildman–Crippen LogP) is 5.64. The first-order valence-corrected chi connectivity index (χ1v) is 13.9. The molecule has 8 heteroatoms. The molecule has 0 aromatic heterocycles. The van der Waals surface area contributed by atoms with Crippen molar-refractivity contribution >= 4 is 35.1 Å². The van der Waals surface area contributed by atoms with Crippen LogP contribution in [0.3, 0.4) is 0 Å². The number of amides is 1. The highest BCUT2D eigenvalue weighted by molar-refractivity contribution is 6.30. The summed E-state index contributed by atoms with van der Waals surface area (Å²) < 4.78 is 5.49. The Balaban J connectivity index is 1.58. The Hall–Kier alpha value is -2.12. The third kappa shape index (κ3) is 6.14. The van der Waals surface area contributed by atoms with Crippen molar-refractivity contribution in [2.75, 3.05) is 39.4 Å². The lowest BCUT2D eigenvalue weighted by Crippen LogP contribution is -2.55. The molecule has 1 saturated carbocycles. The Morgan fingerprint density at radius 1 is 1.03 bits per heavy atom. The van der Waals surface area contributed by atoms with Crippen LogP contribution in [-0.4, -0.2) is 66.2 Å². The van der Waals surface area contributed by atoms with Gasteiger partial charge in [0.2, 0.25) is 5.91 Å². The Bertz CT molecular complexity index is 1120. The van der Waals surface area contributed by atoms with E-state index in [1.807, 2.05) is 47.4 Å². The molecule has 37 heavy (non-hydrogen) atoms. The lowest BCUT2D eigenvalue weighted by atomic mass is 9.65. The molecule has 1 amide bonds. The third-order valence-electron chi connectivity index (χ3n) is 8.18. The van der Waals surface area contributed by atoms with E-state index in [1.165, 1.54) is 0 Å². The molecule has 6 nitrogen and oxygen atoms in total. The highest BCUT2D eigenvalue weighted by Crippen LogP contribution is 2.53. The SMILES string of the molecule is O=C(O)C[C@]1(CCN2CCOCC2)C[C@H](c2cccc(Cl)c2)[C@@H](c2ccc(Cl)cc2)N(CC2CC2)C1=O. The van der Waals surface area contributed by atoms with Crippen LogP contribution < -0.4 is 0 Å². The number of carboxylic acids is 1. The molecule has 3 atom stereocenters. The lowest BCUT2D eigenvalue weighted by Gasteiger charge is -2.51. The number of halogens is 2. The fourth-order valence-electron chi connectivity index (χ4n) is 6.08. The van der Waals surface area contributed by atoms with Crippen molar-refractivity contribution in [3.63, 3.8) is 0 Å². The Labute approximate surface area is 228 Å². The van der Waals surface area contributed by atoms with E-state index in [2.05, 4.69) is 11.0 Å². The molecule has 198 valence electrons. The van der Waals surface area contributed by atoms with E-state index in [-0.39, 0.29) is 24.3 Å². The summed E-state index contributed by atoms with van der Waals surface area (Å²) in [7, 11) is 0. The first kappa shape index (κ1) is 26.5. The Kier molecular flexibility index (Phi) is 8.10. The maximum Gasteiger partial charge on any atom is 0.304 e. The third-order valence-corrected chi connectivity index (χ3v) is 8.67. The van der Waals surface area contributed by atoms with Crippen LogP contribution in [0.4, 0.5) is 0 Å². The fourth-order valence-corrected chi connectivity index (χ4v) is 6.41. The minimum atomic E-state index is -0.991. The second-order valence-electron chi connectivity index (χ2n) is 10.8. The maximum absolute atomic E-state index is 14.5. The van der Waals surface area contributed by atoms with Crippen molar-refractivity contribution in [2.24, 2.45) is 11.3 Å². The number of rotatable bonds is 9. The first-order chi connectivity index (χ1) is 17.8. The predicted molar refractivity (Wildman–Crippen MR) is 144 cm³/mol. The summed E-state index contributed by atoms with van der Waals surface area (Å²) in [4.78, 5) is 31.0. The molecule has 1 aliphatic carbocycles. The van der Waals surface area contributed by atoms with Gasteiger partial charge in [-0.2, -0.15) is 0 Å². The van der Waals surface area contributed by atoms with Crippen LogP contribution >= 0.6 is 23.2 Å². The van der Waals surface area contributed by atoms with Crippen LogP contribution in [0.5, 0.6) is 0 Å². The van der Waals surface area contributed by atoms with Crippen molar-refractivity contribution < 1.29 is 19.4 Å². The van der Waals surface area contributed by atoms with Gasteiger partial charge in [0.05, 0.1) is 31.1 Å². The maximum atomic E-state index is 14.5. The monoisotopic (exact) mass is 544 g/mol. The summed E-state index contributed by atoms with van der Waals surface area (Å²) in [6.45, 7) is 4.24. The zero-order chi connectivity index (χ0) is 26.0. The van der Waals surface area contributed by atoms with E-state index in [1.54, 1.807) is 0 Å². The average molecular weight is 546 g/mol. The Morgan fingerprint density at radius 3 is 2.41 bits per heavy atom. The molecule has 0 bridgehead atoms. The lowest BCUT2D eigenvalue weighted by molar-refractivity contribution is -0.160. The smallest absolute Gasteiger partial charge is 0.304 e.